The molecular formula is C22H20Br2N10O3S. The SMILES string of the molecule is CCc1ccc(Cn2c(Br)nc3c(=O)[nH]c(N)nc32)s1.Nc1nc2c(nc(Br)n2Cc2ccco2)c(=O)[nH]1. The van der Waals surface area contributed by atoms with E-state index in [2.05, 4.69) is 80.8 Å². The minimum Gasteiger partial charge on any atom is -0.467 e. The molecule has 196 valence electrons. The topological polar surface area (TPSA) is 192 Å². The van der Waals surface area contributed by atoms with Crippen molar-refractivity contribution in [2.45, 2.75) is 26.4 Å². The molecule has 0 amide bonds. The van der Waals surface area contributed by atoms with E-state index in [0.717, 1.165) is 12.2 Å². The summed E-state index contributed by atoms with van der Waals surface area (Å²) >= 11 is 8.41. The van der Waals surface area contributed by atoms with Gasteiger partial charge in [-0.25, -0.2) is 9.97 Å². The number of thiophene rings is 1. The van der Waals surface area contributed by atoms with Crippen molar-refractivity contribution in [2.24, 2.45) is 0 Å². The number of aromatic nitrogens is 8. The van der Waals surface area contributed by atoms with Crippen molar-refractivity contribution in [1.82, 2.24) is 39.0 Å². The molecule has 13 nitrogen and oxygen atoms in total. The third-order valence-electron chi connectivity index (χ3n) is 5.43. The molecule has 0 saturated carbocycles. The Kier molecular flexibility index (Phi) is 7.18. The number of halogens is 2. The van der Waals surface area contributed by atoms with Gasteiger partial charge in [0.15, 0.2) is 31.8 Å². The van der Waals surface area contributed by atoms with Crippen LogP contribution in [0.4, 0.5) is 11.9 Å². The second-order valence-corrected chi connectivity index (χ2v) is 10.7. The molecule has 0 aromatic carbocycles. The Hall–Kier alpha value is -3.76. The van der Waals surface area contributed by atoms with Crippen molar-refractivity contribution in [3.05, 3.63) is 76.2 Å². The lowest BCUT2D eigenvalue weighted by Crippen LogP contribution is -2.12. The molecule has 6 aromatic heterocycles. The minimum atomic E-state index is -0.364. The number of rotatable bonds is 5. The molecule has 0 bridgehead atoms. The molecule has 38 heavy (non-hydrogen) atoms. The van der Waals surface area contributed by atoms with Gasteiger partial charge in [0.25, 0.3) is 11.1 Å². The number of nitrogens with two attached hydrogens (primary N) is 2. The molecular weight excluding hydrogens is 644 g/mol. The fraction of sp³-hybridized carbons (Fsp3) is 0.182. The van der Waals surface area contributed by atoms with E-state index in [1.54, 1.807) is 28.2 Å². The van der Waals surface area contributed by atoms with Crippen LogP contribution >= 0.6 is 43.2 Å². The summed E-state index contributed by atoms with van der Waals surface area (Å²) in [5, 5.41) is 0. The predicted molar refractivity (Wildman–Crippen MR) is 151 cm³/mol. The van der Waals surface area contributed by atoms with E-state index in [9.17, 15) is 9.59 Å². The number of imidazole rings is 2. The van der Waals surface area contributed by atoms with E-state index >= 15 is 0 Å². The van der Waals surface area contributed by atoms with Crippen LogP contribution in [0.3, 0.4) is 0 Å². The average molecular weight is 664 g/mol. The Morgan fingerprint density at radius 2 is 1.42 bits per heavy atom. The molecule has 6 aromatic rings. The van der Waals surface area contributed by atoms with Crippen LogP contribution in [0.2, 0.25) is 0 Å². The molecule has 0 radical (unpaired) electrons. The summed E-state index contributed by atoms with van der Waals surface area (Å²) in [4.78, 5) is 47.4. The average Bonchev–Trinajstić information content (AvgIpc) is 3.66. The normalized spacial score (nSPS) is 11.2. The van der Waals surface area contributed by atoms with Gasteiger partial charge in [0, 0.05) is 9.75 Å². The van der Waals surface area contributed by atoms with E-state index < -0.39 is 0 Å². The largest absolute Gasteiger partial charge is 0.467 e. The highest BCUT2D eigenvalue weighted by Gasteiger charge is 2.16. The van der Waals surface area contributed by atoms with Crippen LogP contribution in [0.5, 0.6) is 0 Å². The van der Waals surface area contributed by atoms with Crippen molar-refractivity contribution in [2.75, 3.05) is 11.5 Å². The summed E-state index contributed by atoms with van der Waals surface area (Å²) in [5.74, 6) is 0.882. The van der Waals surface area contributed by atoms with Crippen LogP contribution in [0, 0.1) is 0 Å². The number of H-pyrrole nitrogens is 2. The molecule has 0 saturated heterocycles. The monoisotopic (exact) mass is 662 g/mol. The first-order valence-corrected chi connectivity index (χ1v) is 13.6. The zero-order valence-corrected chi connectivity index (χ0v) is 23.7. The second kappa shape index (κ2) is 10.5. The fourth-order valence-electron chi connectivity index (χ4n) is 3.69. The summed E-state index contributed by atoms with van der Waals surface area (Å²) < 4.78 is 9.87. The van der Waals surface area contributed by atoms with E-state index in [1.165, 1.54) is 9.75 Å². The predicted octanol–water partition coefficient (Wildman–Crippen LogP) is 3.24. The van der Waals surface area contributed by atoms with Crippen LogP contribution in [0.1, 0.15) is 22.4 Å². The number of anilines is 2. The van der Waals surface area contributed by atoms with Gasteiger partial charge in [0.2, 0.25) is 11.9 Å². The van der Waals surface area contributed by atoms with Crippen molar-refractivity contribution in [1.29, 1.82) is 0 Å². The number of nitrogens with zero attached hydrogens (tertiary/aromatic N) is 6. The van der Waals surface area contributed by atoms with Crippen LogP contribution in [-0.4, -0.2) is 39.0 Å². The van der Waals surface area contributed by atoms with Crippen molar-refractivity contribution >= 4 is 77.4 Å². The number of hydrogen-bond donors (Lipinski definition) is 4. The Morgan fingerprint density at radius 3 is 1.92 bits per heavy atom. The zero-order valence-electron chi connectivity index (χ0n) is 19.7. The molecule has 0 aliphatic carbocycles. The number of aryl methyl sites for hydroxylation is 1. The first kappa shape index (κ1) is 25.9. The standard InChI is InChI=1S/C12H12BrN5OS.C10H8BrN5O2/c1-2-6-3-4-7(20-6)5-18-9-8(15-11(18)13)10(19)17-12(14)16-9;11-9-13-6-7(14-10(12)15-8(6)17)16(9)4-5-2-1-3-18-5/h3-4H,2,5H2,1H3,(H3,14,16,17,19);1-3H,4H2,(H3,12,14,15,17). The number of aromatic amines is 2. The van der Waals surface area contributed by atoms with E-state index in [4.69, 9.17) is 15.9 Å². The van der Waals surface area contributed by atoms with E-state index in [1.807, 2.05) is 10.6 Å². The van der Waals surface area contributed by atoms with Gasteiger partial charge in [-0.15, -0.1) is 11.3 Å². The van der Waals surface area contributed by atoms with Crippen LogP contribution in [-0.2, 0) is 19.5 Å². The Bertz CT molecular complexity index is 1870. The summed E-state index contributed by atoms with van der Waals surface area (Å²) in [5.41, 5.74) is 11.9. The van der Waals surface area contributed by atoms with E-state index in [0.29, 0.717) is 39.4 Å². The van der Waals surface area contributed by atoms with Crippen LogP contribution in [0.15, 0.2) is 54.0 Å². The highest BCUT2D eigenvalue weighted by atomic mass is 79.9. The van der Waals surface area contributed by atoms with Gasteiger partial charge in [0.1, 0.15) is 5.76 Å². The number of fused-ring (bicyclic) bond motifs is 2. The molecule has 0 aliphatic heterocycles. The van der Waals surface area contributed by atoms with Gasteiger partial charge in [-0.3, -0.25) is 28.7 Å². The number of nitrogens with one attached hydrogen (secondary N) is 2. The summed E-state index contributed by atoms with van der Waals surface area (Å²) in [7, 11) is 0. The van der Waals surface area contributed by atoms with Crippen molar-refractivity contribution in [3.63, 3.8) is 0 Å². The summed E-state index contributed by atoms with van der Waals surface area (Å²) in [6.45, 7) is 3.15. The van der Waals surface area contributed by atoms with Gasteiger partial charge in [0.05, 0.1) is 19.4 Å². The van der Waals surface area contributed by atoms with Crippen LogP contribution in [0.25, 0.3) is 22.3 Å². The lowest BCUT2D eigenvalue weighted by Gasteiger charge is -2.03. The zero-order chi connectivity index (χ0) is 27.0. The maximum atomic E-state index is 11.8. The first-order chi connectivity index (χ1) is 18.2. The Morgan fingerprint density at radius 1 is 0.868 bits per heavy atom. The second-order valence-electron chi connectivity index (χ2n) is 7.98. The lowest BCUT2D eigenvalue weighted by atomic mass is 10.3. The van der Waals surface area contributed by atoms with Crippen molar-refractivity contribution in [3.8, 4) is 0 Å². The molecule has 6 heterocycles. The smallest absolute Gasteiger partial charge is 0.280 e. The fourth-order valence-corrected chi connectivity index (χ4v) is 5.58. The molecule has 0 fully saturated rings. The number of furan rings is 1. The van der Waals surface area contributed by atoms with Gasteiger partial charge in [-0.2, -0.15) is 9.97 Å². The third-order valence-corrected chi connectivity index (χ3v) is 7.85. The van der Waals surface area contributed by atoms with Gasteiger partial charge >= 0.3 is 0 Å². The Balaban J connectivity index is 0.000000156. The summed E-state index contributed by atoms with van der Waals surface area (Å²) in [6, 6.07) is 7.81. The first-order valence-electron chi connectivity index (χ1n) is 11.2. The maximum absolute atomic E-state index is 11.8. The van der Waals surface area contributed by atoms with Crippen molar-refractivity contribution < 1.29 is 4.42 Å². The number of hydrogen-bond acceptors (Lipinski definition) is 10. The molecule has 0 aliphatic rings. The van der Waals surface area contributed by atoms with E-state index in [-0.39, 0.29) is 28.5 Å². The minimum absolute atomic E-state index is 0.0561. The molecule has 0 atom stereocenters. The van der Waals surface area contributed by atoms with Gasteiger partial charge < -0.3 is 15.9 Å². The van der Waals surface area contributed by atoms with Crippen LogP contribution < -0.4 is 22.6 Å². The van der Waals surface area contributed by atoms with Gasteiger partial charge in [-0.05, 0) is 62.5 Å². The summed E-state index contributed by atoms with van der Waals surface area (Å²) in [6.07, 6.45) is 2.60. The third kappa shape index (κ3) is 5.14. The molecule has 6 N–H and O–H groups in total. The lowest BCUT2D eigenvalue weighted by molar-refractivity contribution is 0.493. The molecule has 16 heteroatoms. The highest BCUT2D eigenvalue weighted by Crippen LogP contribution is 2.23. The number of nitrogen functional groups attached to an aromatic ring is 2. The quantitative estimate of drug-likeness (QED) is 0.200. The maximum Gasteiger partial charge on any atom is 0.280 e. The Labute approximate surface area is 234 Å². The molecule has 6 rings (SSSR count). The molecule has 0 spiro atoms. The van der Waals surface area contributed by atoms with Gasteiger partial charge in [-0.1, -0.05) is 6.92 Å². The highest BCUT2D eigenvalue weighted by molar-refractivity contribution is 9.10. The molecule has 0 unspecified atom stereocenters.